The molecule has 1 rings (SSSR count). The third-order valence-electron chi connectivity index (χ3n) is 2.14. The van der Waals surface area contributed by atoms with E-state index >= 15 is 0 Å². The zero-order valence-electron chi connectivity index (χ0n) is 6.17. The molecule has 2 unspecified atom stereocenters. The molecule has 1 heterocycles. The molecule has 9 heavy (non-hydrogen) atoms. The quantitative estimate of drug-likeness (QED) is 0.546. The van der Waals surface area contributed by atoms with Gasteiger partial charge in [0, 0.05) is 17.8 Å². The van der Waals surface area contributed by atoms with Gasteiger partial charge in [0.1, 0.15) is 0 Å². The summed E-state index contributed by atoms with van der Waals surface area (Å²) in [6.45, 7) is 3.41. The maximum absolute atomic E-state index is 4.42. The summed E-state index contributed by atoms with van der Waals surface area (Å²) in [5.74, 6) is 0. The average Bonchev–Trinajstić information content (AvgIpc) is 2.10. The van der Waals surface area contributed by atoms with E-state index in [1.165, 1.54) is 19.4 Å². The van der Waals surface area contributed by atoms with Gasteiger partial charge in [0.05, 0.1) is 0 Å². The molecule has 0 aromatic heterocycles. The highest BCUT2D eigenvalue weighted by molar-refractivity contribution is 7.81. The van der Waals surface area contributed by atoms with Crippen LogP contribution < -0.4 is 0 Å². The van der Waals surface area contributed by atoms with Crippen LogP contribution >= 0.6 is 12.6 Å². The standard InChI is InChI=1S/C7H15NS/c1-3-6-4-7(9)5-8(6)2/h6-7,9H,3-5H2,1-2H3. The first-order chi connectivity index (χ1) is 4.24. The van der Waals surface area contributed by atoms with Crippen LogP contribution in [-0.2, 0) is 0 Å². The van der Waals surface area contributed by atoms with Crippen LogP contribution in [0.15, 0.2) is 0 Å². The molecule has 1 aliphatic rings. The largest absolute Gasteiger partial charge is 0.302 e. The van der Waals surface area contributed by atoms with Crippen molar-refractivity contribution in [2.45, 2.75) is 31.1 Å². The first kappa shape index (κ1) is 7.42. The lowest BCUT2D eigenvalue weighted by Gasteiger charge is -2.15. The molecule has 1 nitrogen and oxygen atoms in total. The van der Waals surface area contributed by atoms with E-state index in [1.807, 2.05) is 0 Å². The smallest absolute Gasteiger partial charge is 0.0159 e. The van der Waals surface area contributed by atoms with Gasteiger partial charge in [-0.1, -0.05) is 6.92 Å². The monoisotopic (exact) mass is 145 g/mol. The number of hydrogen-bond acceptors (Lipinski definition) is 2. The third-order valence-corrected chi connectivity index (χ3v) is 2.51. The summed E-state index contributed by atoms with van der Waals surface area (Å²) in [6, 6.07) is 0.799. The predicted octanol–water partition coefficient (Wildman–Crippen LogP) is 1.40. The highest BCUT2D eigenvalue weighted by Crippen LogP contribution is 2.21. The minimum atomic E-state index is 0.625. The van der Waals surface area contributed by atoms with Gasteiger partial charge in [-0.05, 0) is 19.9 Å². The summed E-state index contributed by atoms with van der Waals surface area (Å²) in [7, 11) is 2.18. The Balaban J connectivity index is 2.38. The summed E-state index contributed by atoms with van der Waals surface area (Å²) >= 11 is 4.42. The Labute approximate surface area is 62.8 Å². The normalized spacial score (nSPS) is 37.7. The molecule has 0 N–H and O–H groups in total. The second-order valence-corrected chi connectivity index (χ2v) is 3.62. The van der Waals surface area contributed by atoms with Crippen LogP contribution in [0.1, 0.15) is 19.8 Å². The van der Waals surface area contributed by atoms with Crippen molar-refractivity contribution in [2.75, 3.05) is 13.6 Å². The van der Waals surface area contributed by atoms with Crippen molar-refractivity contribution in [2.24, 2.45) is 0 Å². The highest BCUT2D eigenvalue weighted by atomic mass is 32.1. The van der Waals surface area contributed by atoms with Crippen LogP contribution in [0, 0.1) is 0 Å². The van der Waals surface area contributed by atoms with E-state index in [0.717, 1.165) is 6.04 Å². The van der Waals surface area contributed by atoms with Crippen LogP contribution in [0.4, 0.5) is 0 Å². The Hall–Kier alpha value is 0.310. The molecule has 0 amide bonds. The predicted molar refractivity (Wildman–Crippen MR) is 44.1 cm³/mol. The number of rotatable bonds is 1. The van der Waals surface area contributed by atoms with Gasteiger partial charge in [0.15, 0.2) is 0 Å². The molecule has 0 radical (unpaired) electrons. The molecule has 0 saturated carbocycles. The Morgan fingerprint density at radius 1 is 1.67 bits per heavy atom. The lowest BCUT2D eigenvalue weighted by molar-refractivity contribution is 0.304. The van der Waals surface area contributed by atoms with Gasteiger partial charge >= 0.3 is 0 Å². The number of likely N-dealkylation sites (tertiary alicyclic amines) is 1. The molecule has 0 bridgehead atoms. The molecule has 1 saturated heterocycles. The first-order valence-corrected chi connectivity index (χ1v) is 4.14. The molecule has 0 aromatic rings. The van der Waals surface area contributed by atoms with Gasteiger partial charge in [-0.3, -0.25) is 0 Å². The molecule has 0 aromatic carbocycles. The Kier molecular flexibility index (Phi) is 2.42. The van der Waals surface area contributed by atoms with Crippen molar-refractivity contribution >= 4 is 12.6 Å². The molecule has 1 fully saturated rings. The third kappa shape index (κ3) is 1.62. The van der Waals surface area contributed by atoms with Crippen molar-refractivity contribution in [3.8, 4) is 0 Å². The van der Waals surface area contributed by atoms with Crippen LogP contribution in [0.2, 0.25) is 0 Å². The number of thiol groups is 1. The van der Waals surface area contributed by atoms with Crippen molar-refractivity contribution < 1.29 is 0 Å². The Morgan fingerprint density at radius 3 is 2.56 bits per heavy atom. The Bertz CT molecular complexity index is 94.9. The van der Waals surface area contributed by atoms with E-state index in [9.17, 15) is 0 Å². The van der Waals surface area contributed by atoms with Gasteiger partial charge in [-0.2, -0.15) is 12.6 Å². The summed E-state index contributed by atoms with van der Waals surface area (Å²) in [5.41, 5.74) is 0. The van der Waals surface area contributed by atoms with Crippen molar-refractivity contribution in [3.63, 3.8) is 0 Å². The second kappa shape index (κ2) is 2.93. The average molecular weight is 145 g/mol. The van der Waals surface area contributed by atoms with Crippen molar-refractivity contribution in [3.05, 3.63) is 0 Å². The van der Waals surface area contributed by atoms with Crippen molar-refractivity contribution in [1.29, 1.82) is 0 Å². The number of hydrogen-bond donors (Lipinski definition) is 1. The minimum Gasteiger partial charge on any atom is -0.302 e. The summed E-state index contributed by atoms with van der Waals surface area (Å²) in [4.78, 5) is 2.40. The van der Waals surface area contributed by atoms with E-state index in [1.54, 1.807) is 0 Å². The zero-order chi connectivity index (χ0) is 6.85. The van der Waals surface area contributed by atoms with E-state index in [2.05, 4.69) is 31.5 Å². The van der Waals surface area contributed by atoms with Crippen molar-refractivity contribution in [1.82, 2.24) is 4.90 Å². The van der Waals surface area contributed by atoms with Crippen LogP contribution in [-0.4, -0.2) is 29.8 Å². The maximum Gasteiger partial charge on any atom is 0.0159 e. The SMILES string of the molecule is CCC1CC(S)CN1C. The highest BCUT2D eigenvalue weighted by Gasteiger charge is 2.24. The fourth-order valence-electron chi connectivity index (χ4n) is 1.53. The van der Waals surface area contributed by atoms with Gasteiger partial charge in [0.25, 0.3) is 0 Å². The lowest BCUT2D eigenvalue weighted by Crippen LogP contribution is -2.23. The zero-order valence-corrected chi connectivity index (χ0v) is 7.06. The van der Waals surface area contributed by atoms with E-state index in [4.69, 9.17) is 0 Å². The second-order valence-electron chi connectivity index (χ2n) is 2.89. The van der Waals surface area contributed by atoms with Gasteiger partial charge < -0.3 is 4.90 Å². The molecular formula is C7H15NS. The van der Waals surface area contributed by atoms with E-state index in [0.29, 0.717) is 5.25 Å². The molecular weight excluding hydrogens is 130 g/mol. The topological polar surface area (TPSA) is 3.24 Å². The summed E-state index contributed by atoms with van der Waals surface area (Å²) in [6.07, 6.45) is 2.55. The first-order valence-electron chi connectivity index (χ1n) is 3.62. The van der Waals surface area contributed by atoms with Crippen LogP contribution in [0.25, 0.3) is 0 Å². The maximum atomic E-state index is 4.42. The fraction of sp³-hybridized carbons (Fsp3) is 1.00. The van der Waals surface area contributed by atoms with Gasteiger partial charge in [-0.25, -0.2) is 0 Å². The Morgan fingerprint density at radius 2 is 2.33 bits per heavy atom. The number of nitrogens with zero attached hydrogens (tertiary/aromatic N) is 1. The van der Waals surface area contributed by atoms with Gasteiger partial charge in [0.2, 0.25) is 0 Å². The van der Waals surface area contributed by atoms with Gasteiger partial charge in [-0.15, -0.1) is 0 Å². The molecule has 0 spiro atoms. The molecule has 0 aliphatic carbocycles. The lowest BCUT2D eigenvalue weighted by atomic mass is 10.2. The van der Waals surface area contributed by atoms with E-state index in [-0.39, 0.29) is 0 Å². The van der Waals surface area contributed by atoms with Crippen LogP contribution in [0.3, 0.4) is 0 Å². The molecule has 2 heteroatoms. The molecule has 1 aliphatic heterocycles. The molecule has 54 valence electrons. The minimum absolute atomic E-state index is 0.625. The fourth-order valence-corrected chi connectivity index (χ4v) is 2.03. The summed E-state index contributed by atoms with van der Waals surface area (Å²) in [5, 5.41) is 0.625. The molecule has 2 atom stereocenters. The van der Waals surface area contributed by atoms with Crippen LogP contribution in [0.5, 0.6) is 0 Å². The van der Waals surface area contributed by atoms with E-state index < -0.39 is 0 Å². The summed E-state index contributed by atoms with van der Waals surface area (Å²) < 4.78 is 0.